The monoisotopic (exact) mass is 298 g/mol. The van der Waals surface area contributed by atoms with Crippen LogP contribution >= 0.6 is 23.2 Å². The summed E-state index contributed by atoms with van der Waals surface area (Å²) in [4.78, 5) is 4.35. The molecule has 0 aliphatic carbocycles. The fraction of sp³-hybridized carbons (Fsp3) is 0.385. The number of likely N-dealkylation sites (N-methyl/N-ethyl adjacent to an activating group) is 1. The molecule has 1 atom stereocenters. The molecule has 0 saturated carbocycles. The highest BCUT2D eigenvalue weighted by Crippen LogP contribution is 2.26. The van der Waals surface area contributed by atoms with Gasteiger partial charge in [-0.05, 0) is 24.6 Å². The summed E-state index contributed by atoms with van der Waals surface area (Å²) >= 11 is 12.1. The van der Waals surface area contributed by atoms with Crippen LogP contribution in [0.1, 0.15) is 24.2 Å². The van der Waals surface area contributed by atoms with Gasteiger partial charge in [-0.1, -0.05) is 30.1 Å². The van der Waals surface area contributed by atoms with Crippen LogP contribution in [0.4, 0.5) is 0 Å². The van der Waals surface area contributed by atoms with Gasteiger partial charge in [-0.3, -0.25) is 9.67 Å². The number of halogens is 2. The minimum Gasteiger partial charge on any atom is -0.309 e. The van der Waals surface area contributed by atoms with Crippen LogP contribution in [0.2, 0.25) is 10.0 Å². The molecule has 0 amide bonds. The van der Waals surface area contributed by atoms with Crippen molar-refractivity contribution in [2.75, 3.05) is 6.54 Å². The number of nitrogens with zero attached hydrogens (tertiary/aromatic N) is 3. The number of rotatable bonds is 5. The van der Waals surface area contributed by atoms with Crippen LogP contribution < -0.4 is 5.32 Å². The summed E-state index contributed by atoms with van der Waals surface area (Å²) in [5, 5.41) is 8.70. The zero-order chi connectivity index (χ0) is 13.8. The Labute approximate surface area is 122 Å². The lowest BCUT2D eigenvalue weighted by Gasteiger charge is -2.17. The Morgan fingerprint density at radius 1 is 1.37 bits per heavy atom. The highest BCUT2D eigenvalue weighted by Gasteiger charge is 2.17. The summed E-state index contributed by atoms with van der Waals surface area (Å²) in [5.41, 5.74) is 1.96. The minimum atomic E-state index is 0.0546. The molecule has 102 valence electrons. The third-order valence-electron chi connectivity index (χ3n) is 2.82. The molecule has 2 rings (SSSR count). The van der Waals surface area contributed by atoms with Gasteiger partial charge in [0, 0.05) is 19.4 Å². The molecule has 0 spiro atoms. The molecule has 2 aromatic rings. The highest BCUT2D eigenvalue weighted by atomic mass is 35.5. The Bertz CT molecular complexity index is 553. The van der Waals surface area contributed by atoms with Crippen molar-refractivity contribution in [2.24, 2.45) is 7.05 Å². The molecule has 0 fully saturated rings. The molecule has 2 aromatic heterocycles. The fourth-order valence-corrected chi connectivity index (χ4v) is 2.52. The first-order valence-corrected chi connectivity index (χ1v) is 6.87. The number of aryl methyl sites for hydroxylation is 1. The van der Waals surface area contributed by atoms with Crippen molar-refractivity contribution in [3.63, 3.8) is 0 Å². The molecule has 0 aliphatic heterocycles. The summed E-state index contributed by atoms with van der Waals surface area (Å²) in [6.45, 7) is 2.89. The van der Waals surface area contributed by atoms with E-state index in [-0.39, 0.29) is 6.04 Å². The molecule has 0 aliphatic rings. The predicted octanol–water partition coefficient (Wildman–Crippen LogP) is 3.02. The van der Waals surface area contributed by atoms with Crippen molar-refractivity contribution in [1.29, 1.82) is 0 Å². The summed E-state index contributed by atoms with van der Waals surface area (Å²) in [5.74, 6) is 0. The van der Waals surface area contributed by atoms with Crippen LogP contribution in [0.15, 0.2) is 24.7 Å². The fourth-order valence-electron chi connectivity index (χ4n) is 2.01. The Morgan fingerprint density at radius 2 is 2.16 bits per heavy atom. The van der Waals surface area contributed by atoms with E-state index in [0.717, 1.165) is 24.2 Å². The molecule has 1 unspecified atom stereocenters. The van der Waals surface area contributed by atoms with Crippen molar-refractivity contribution in [2.45, 2.75) is 19.4 Å². The number of aromatic nitrogens is 3. The molecule has 0 aromatic carbocycles. The van der Waals surface area contributed by atoms with Gasteiger partial charge in [-0.2, -0.15) is 5.10 Å². The van der Waals surface area contributed by atoms with Gasteiger partial charge in [-0.25, -0.2) is 0 Å². The van der Waals surface area contributed by atoms with E-state index in [9.17, 15) is 0 Å². The van der Waals surface area contributed by atoms with Crippen molar-refractivity contribution in [3.05, 3.63) is 46.0 Å². The van der Waals surface area contributed by atoms with Crippen molar-refractivity contribution in [1.82, 2.24) is 20.1 Å². The second-order valence-electron chi connectivity index (χ2n) is 4.36. The molecule has 2 heterocycles. The Balaban J connectivity index is 2.23. The second-order valence-corrected chi connectivity index (χ2v) is 5.20. The molecule has 4 nitrogen and oxygen atoms in total. The lowest BCUT2D eigenvalue weighted by Crippen LogP contribution is -2.24. The van der Waals surface area contributed by atoms with Gasteiger partial charge in [0.05, 0.1) is 28.0 Å². The van der Waals surface area contributed by atoms with Crippen LogP contribution in [0.3, 0.4) is 0 Å². The zero-order valence-corrected chi connectivity index (χ0v) is 12.4. The quantitative estimate of drug-likeness (QED) is 0.923. The van der Waals surface area contributed by atoms with E-state index in [1.54, 1.807) is 16.9 Å². The van der Waals surface area contributed by atoms with Crippen LogP contribution in [0, 0.1) is 0 Å². The van der Waals surface area contributed by atoms with Crippen molar-refractivity contribution >= 4 is 23.2 Å². The first kappa shape index (κ1) is 14.3. The summed E-state index contributed by atoms with van der Waals surface area (Å²) in [7, 11) is 1.90. The third kappa shape index (κ3) is 3.69. The van der Waals surface area contributed by atoms with E-state index in [1.807, 2.05) is 19.4 Å². The topological polar surface area (TPSA) is 42.7 Å². The lowest BCUT2D eigenvalue weighted by atomic mass is 10.1. The molecule has 0 radical (unpaired) electrons. The van der Waals surface area contributed by atoms with Crippen LogP contribution in [-0.2, 0) is 13.5 Å². The standard InChI is InChI=1S/C13H16Cl2N4/c1-3-16-12(4-9-6-18-19(2)8-9)13-11(15)5-10(14)7-17-13/h5-8,12,16H,3-4H2,1-2H3. The predicted molar refractivity (Wildman–Crippen MR) is 77.6 cm³/mol. The van der Waals surface area contributed by atoms with Crippen LogP contribution in [-0.4, -0.2) is 21.3 Å². The first-order valence-electron chi connectivity index (χ1n) is 6.12. The van der Waals surface area contributed by atoms with E-state index < -0.39 is 0 Å². The largest absolute Gasteiger partial charge is 0.309 e. The smallest absolute Gasteiger partial charge is 0.0763 e. The highest BCUT2D eigenvalue weighted by molar-refractivity contribution is 6.34. The van der Waals surface area contributed by atoms with Gasteiger partial charge in [0.1, 0.15) is 0 Å². The van der Waals surface area contributed by atoms with Crippen LogP contribution in [0.5, 0.6) is 0 Å². The number of hydrogen-bond acceptors (Lipinski definition) is 3. The maximum absolute atomic E-state index is 6.22. The molecule has 0 bridgehead atoms. The summed E-state index contributed by atoms with van der Waals surface area (Å²) in [6, 6.07) is 1.78. The zero-order valence-electron chi connectivity index (χ0n) is 10.9. The normalized spacial score (nSPS) is 12.6. The second kappa shape index (κ2) is 6.37. The van der Waals surface area contributed by atoms with Crippen LogP contribution in [0.25, 0.3) is 0 Å². The van der Waals surface area contributed by atoms with E-state index >= 15 is 0 Å². The maximum Gasteiger partial charge on any atom is 0.0763 e. The SMILES string of the molecule is CCNC(Cc1cnn(C)c1)c1ncc(Cl)cc1Cl. The summed E-state index contributed by atoms with van der Waals surface area (Å²) < 4.78 is 1.79. The average molecular weight is 299 g/mol. The van der Waals surface area contributed by atoms with Crippen molar-refractivity contribution in [3.8, 4) is 0 Å². The summed E-state index contributed by atoms with van der Waals surface area (Å²) in [6.07, 6.45) is 6.26. The average Bonchev–Trinajstić information content (AvgIpc) is 2.74. The van der Waals surface area contributed by atoms with Gasteiger partial charge in [0.2, 0.25) is 0 Å². The molecular weight excluding hydrogens is 283 g/mol. The Morgan fingerprint density at radius 3 is 2.74 bits per heavy atom. The lowest BCUT2D eigenvalue weighted by molar-refractivity contribution is 0.537. The van der Waals surface area contributed by atoms with Crippen molar-refractivity contribution < 1.29 is 0 Å². The maximum atomic E-state index is 6.22. The molecular formula is C13H16Cl2N4. The van der Waals surface area contributed by atoms with Gasteiger partial charge >= 0.3 is 0 Å². The number of hydrogen-bond donors (Lipinski definition) is 1. The molecule has 6 heteroatoms. The molecule has 19 heavy (non-hydrogen) atoms. The van der Waals surface area contributed by atoms with E-state index in [2.05, 4.69) is 22.3 Å². The third-order valence-corrected chi connectivity index (χ3v) is 3.32. The number of nitrogens with one attached hydrogen (secondary N) is 1. The number of pyridine rings is 1. The van der Waals surface area contributed by atoms with Gasteiger partial charge in [-0.15, -0.1) is 0 Å². The Hall–Kier alpha value is -1.10. The van der Waals surface area contributed by atoms with Gasteiger partial charge < -0.3 is 5.32 Å². The Kier molecular flexibility index (Phi) is 4.80. The van der Waals surface area contributed by atoms with Gasteiger partial charge in [0.25, 0.3) is 0 Å². The van der Waals surface area contributed by atoms with Gasteiger partial charge in [0.15, 0.2) is 0 Å². The first-order chi connectivity index (χ1) is 9.10. The molecule has 1 N–H and O–H groups in total. The molecule has 0 saturated heterocycles. The van der Waals surface area contributed by atoms with E-state index in [4.69, 9.17) is 23.2 Å². The van der Waals surface area contributed by atoms with E-state index in [0.29, 0.717) is 10.0 Å². The van der Waals surface area contributed by atoms with E-state index in [1.165, 1.54) is 0 Å². The minimum absolute atomic E-state index is 0.0546.